The Morgan fingerprint density at radius 3 is 2.54 bits per heavy atom. The molecule has 3 nitrogen and oxygen atoms in total. The Labute approximate surface area is 168 Å². The molecule has 0 saturated heterocycles. The summed E-state index contributed by atoms with van der Waals surface area (Å²) in [5, 5.41) is 11.3. The monoisotopic (exact) mass is 382 g/mol. The Hall–Kier alpha value is -3.29. The van der Waals surface area contributed by atoms with Gasteiger partial charge in [0.1, 0.15) is 5.75 Å². The molecular weight excluding hydrogens is 364 g/mol. The fourth-order valence-electron chi connectivity index (χ4n) is 3.15. The van der Waals surface area contributed by atoms with Gasteiger partial charge >= 0.3 is 0 Å². The Morgan fingerprint density at radius 2 is 1.75 bits per heavy atom. The van der Waals surface area contributed by atoms with Crippen molar-refractivity contribution in [3.8, 4) is 22.9 Å². The lowest BCUT2D eigenvalue weighted by Gasteiger charge is -2.11. The van der Waals surface area contributed by atoms with Gasteiger partial charge in [0, 0.05) is 17.2 Å². The number of methoxy groups -OCH3 is 1. The zero-order valence-corrected chi connectivity index (χ0v) is 16.2. The number of aromatic nitrogens is 1. The fourth-order valence-corrected chi connectivity index (χ4v) is 4.07. The lowest BCUT2D eigenvalue weighted by Crippen LogP contribution is -1.92. The molecule has 0 aliphatic rings. The van der Waals surface area contributed by atoms with Gasteiger partial charge in [-0.25, -0.2) is 4.98 Å². The van der Waals surface area contributed by atoms with Gasteiger partial charge in [-0.3, -0.25) is 0 Å². The van der Waals surface area contributed by atoms with Crippen molar-refractivity contribution in [2.45, 2.75) is 10.8 Å². The van der Waals surface area contributed by atoms with E-state index in [1.165, 1.54) is 0 Å². The molecule has 0 amide bonds. The summed E-state index contributed by atoms with van der Waals surface area (Å²) < 4.78 is 5.38. The third kappa shape index (κ3) is 3.71. The first-order chi connectivity index (χ1) is 13.8. The zero-order chi connectivity index (χ0) is 19.3. The van der Waals surface area contributed by atoms with Crippen LogP contribution in [-0.2, 0) is 5.75 Å². The number of thioether (sulfide) groups is 1. The summed E-state index contributed by atoms with van der Waals surface area (Å²) in [6.45, 7) is 0. The molecule has 4 rings (SSSR count). The van der Waals surface area contributed by atoms with Crippen LogP contribution in [0.3, 0.4) is 0 Å². The number of hydrogen-bond donors (Lipinski definition) is 0. The van der Waals surface area contributed by atoms with Crippen LogP contribution in [0.25, 0.3) is 22.0 Å². The highest BCUT2D eigenvalue weighted by Crippen LogP contribution is 2.34. The molecule has 1 heterocycles. The lowest BCUT2D eigenvalue weighted by molar-refractivity contribution is 0.415. The first kappa shape index (κ1) is 18.1. The van der Waals surface area contributed by atoms with Gasteiger partial charge in [0.2, 0.25) is 0 Å². The number of fused-ring (bicyclic) bond motifs is 1. The van der Waals surface area contributed by atoms with Crippen molar-refractivity contribution in [2.24, 2.45) is 0 Å². The van der Waals surface area contributed by atoms with E-state index in [9.17, 15) is 5.26 Å². The number of nitrogens with zero attached hydrogens (tertiary/aromatic N) is 2. The van der Waals surface area contributed by atoms with E-state index in [1.807, 2.05) is 54.6 Å². The molecule has 0 N–H and O–H groups in total. The minimum Gasteiger partial charge on any atom is -0.497 e. The van der Waals surface area contributed by atoms with E-state index in [1.54, 1.807) is 18.9 Å². The zero-order valence-electron chi connectivity index (χ0n) is 15.4. The molecule has 0 radical (unpaired) electrons. The Morgan fingerprint density at radius 1 is 0.964 bits per heavy atom. The molecule has 28 heavy (non-hydrogen) atoms. The second-order valence-electron chi connectivity index (χ2n) is 6.31. The highest BCUT2D eigenvalue weighted by atomic mass is 32.2. The quantitative estimate of drug-likeness (QED) is 0.393. The number of rotatable bonds is 5. The summed E-state index contributed by atoms with van der Waals surface area (Å²) in [7, 11) is 1.66. The van der Waals surface area contributed by atoms with Crippen molar-refractivity contribution >= 4 is 22.7 Å². The lowest BCUT2D eigenvalue weighted by atomic mass is 10.0. The molecule has 4 heteroatoms. The van der Waals surface area contributed by atoms with Crippen LogP contribution in [0.5, 0.6) is 5.75 Å². The van der Waals surface area contributed by atoms with E-state index in [0.717, 1.165) is 38.4 Å². The predicted octanol–water partition coefficient (Wildman–Crippen LogP) is 6.07. The average molecular weight is 382 g/mol. The van der Waals surface area contributed by atoms with E-state index in [-0.39, 0.29) is 0 Å². The molecule has 0 aliphatic heterocycles. The second kappa shape index (κ2) is 8.16. The smallest absolute Gasteiger partial charge is 0.121 e. The highest BCUT2D eigenvalue weighted by Gasteiger charge is 2.10. The van der Waals surface area contributed by atoms with Crippen LogP contribution < -0.4 is 4.74 Å². The molecule has 0 saturated carbocycles. The third-order valence-corrected chi connectivity index (χ3v) is 5.55. The minimum atomic E-state index is 0.695. The number of nitriles is 1. The van der Waals surface area contributed by atoms with Crippen LogP contribution in [0, 0.1) is 11.3 Å². The molecule has 1 aromatic heterocycles. The van der Waals surface area contributed by atoms with Crippen molar-refractivity contribution in [3.63, 3.8) is 0 Å². The number of benzene rings is 3. The van der Waals surface area contributed by atoms with Crippen molar-refractivity contribution in [1.82, 2.24) is 4.98 Å². The maximum Gasteiger partial charge on any atom is 0.121 e. The van der Waals surface area contributed by atoms with E-state index < -0.39 is 0 Å². The minimum absolute atomic E-state index is 0.695. The highest BCUT2D eigenvalue weighted by molar-refractivity contribution is 7.98. The molecule has 4 aromatic rings. The molecular formula is C24H18N2OS. The van der Waals surface area contributed by atoms with Crippen molar-refractivity contribution in [2.75, 3.05) is 7.11 Å². The maximum atomic E-state index is 9.32. The fraction of sp³-hybridized carbons (Fsp3) is 0.0833. The van der Waals surface area contributed by atoms with E-state index in [0.29, 0.717) is 11.3 Å². The van der Waals surface area contributed by atoms with Gasteiger partial charge < -0.3 is 4.74 Å². The molecule has 136 valence electrons. The molecule has 0 atom stereocenters. The maximum absolute atomic E-state index is 9.32. The number of hydrogen-bond acceptors (Lipinski definition) is 4. The summed E-state index contributed by atoms with van der Waals surface area (Å²) in [4.78, 5) is 4.84. The molecule has 0 aliphatic carbocycles. The van der Waals surface area contributed by atoms with Crippen LogP contribution in [0.2, 0.25) is 0 Å². The van der Waals surface area contributed by atoms with Crippen LogP contribution in [-0.4, -0.2) is 12.1 Å². The summed E-state index contributed by atoms with van der Waals surface area (Å²) in [5.74, 6) is 1.48. The van der Waals surface area contributed by atoms with Gasteiger partial charge in [0.25, 0.3) is 0 Å². The summed E-state index contributed by atoms with van der Waals surface area (Å²) >= 11 is 1.64. The van der Waals surface area contributed by atoms with Gasteiger partial charge in [-0.15, -0.1) is 11.8 Å². The van der Waals surface area contributed by atoms with Gasteiger partial charge in [0.15, 0.2) is 0 Å². The standard InChI is InChI=1S/C24H18N2OS/c1-27-20-11-12-21-22(17-7-3-2-4-8-17)14-24(26-23(21)13-20)28-16-19-10-6-5-9-18(19)15-25/h2-14H,16H2,1H3. The van der Waals surface area contributed by atoms with E-state index >= 15 is 0 Å². The van der Waals surface area contributed by atoms with Gasteiger partial charge in [-0.2, -0.15) is 5.26 Å². The predicted molar refractivity (Wildman–Crippen MR) is 114 cm³/mol. The van der Waals surface area contributed by atoms with Crippen molar-refractivity contribution in [3.05, 3.63) is 90.0 Å². The first-order valence-corrected chi connectivity index (χ1v) is 9.92. The topological polar surface area (TPSA) is 45.9 Å². The van der Waals surface area contributed by atoms with Crippen LogP contribution in [0.4, 0.5) is 0 Å². The Kier molecular flexibility index (Phi) is 5.27. The van der Waals surface area contributed by atoms with E-state index in [2.05, 4.69) is 30.3 Å². The van der Waals surface area contributed by atoms with Gasteiger partial charge in [-0.05, 0) is 41.0 Å². The summed E-state index contributed by atoms with van der Waals surface area (Å²) in [5.41, 5.74) is 4.92. The van der Waals surface area contributed by atoms with Gasteiger partial charge in [-0.1, -0.05) is 48.5 Å². The molecule has 0 spiro atoms. The summed E-state index contributed by atoms with van der Waals surface area (Å²) in [6.07, 6.45) is 0. The SMILES string of the molecule is COc1ccc2c(-c3ccccc3)cc(SCc3ccccc3C#N)nc2c1. The van der Waals surface area contributed by atoms with E-state index in [4.69, 9.17) is 9.72 Å². The average Bonchev–Trinajstić information content (AvgIpc) is 2.77. The van der Waals surface area contributed by atoms with Crippen molar-refractivity contribution in [1.29, 1.82) is 5.26 Å². The largest absolute Gasteiger partial charge is 0.497 e. The number of ether oxygens (including phenoxy) is 1. The van der Waals surface area contributed by atoms with Crippen molar-refractivity contribution < 1.29 is 4.74 Å². The number of pyridine rings is 1. The van der Waals surface area contributed by atoms with Crippen LogP contribution in [0.15, 0.2) is 83.9 Å². The Bertz CT molecular complexity index is 1170. The molecule has 0 bridgehead atoms. The molecule has 0 fully saturated rings. The second-order valence-corrected chi connectivity index (χ2v) is 7.31. The Balaban J connectivity index is 1.77. The molecule has 3 aromatic carbocycles. The third-order valence-electron chi connectivity index (χ3n) is 4.59. The van der Waals surface area contributed by atoms with Crippen LogP contribution >= 0.6 is 11.8 Å². The first-order valence-electron chi connectivity index (χ1n) is 8.93. The van der Waals surface area contributed by atoms with Crippen LogP contribution in [0.1, 0.15) is 11.1 Å². The normalized spacial score (nSPS) is 10.6. The summed E-state index contributed by atoms with van der Waals surface area (Å²) in [6, 6.07) is 28.4. The van der Waals surface area contributed by atoms with Gasteiger partial charge in [0.05, 0.1) is 29.3 Å². The molecule has 0 unspecified atom stereocenters.